The Balaban J connectivity index is 1.48. The van der Waals surface area contributed by atoms with Crippen LogP contribution in [-0.2, 0) is 17.9 Å². The van der Waals surface area contributed by atoms with E-state index in [4.69, 9.17) is 0 Å². The zero-order chi connectivity index (χ0) is 26.7. The van der Waals surface area contributed by atoms with Crippen molar-refractivity contribution in [1.29, 1.82) is 0 Å². The van der Waals surface area contributed by atoms with Crippen molar-refractivity contribution < 1.29 is 14.0 Å². The Morgan fingerprint density at radius 2 is 1.95 bits per heavy atom. The van der Waals surface area contributed by atoms with Gasteiger partial charge in [-0.3, -0.25) is 19.4 Å². The minimum atomic E-state index is -0.523. The molecule has 6 rings (SSSR count). The lowest BCUT2D eigenvalue weighted by Gasteiger charge is -2.20. The summed E-state index contributed by atoms with van der Waals surface area (Å²) in [5.41, 5.74) is 3.74. The molecule has 1 aliphatic heterocycles. The second kappa shape index (κ2) is 8.86. The third-order valence-electron chi connectivity index (χ3n) is 7.08. The number of carbonyl (C=O) groups excluding carboxylic acids is 2. The van der Waals surface area contributed by atoms with E-state index in [9.17, 15) is 18.8 Å². The van der Waals surface area contributed by atoms with Gasteiger partial charge in [-0.05, 0) is 57.4 Å². The molecule has 2 aliphatic rings. The molecule has 5 heterocycles. The van der Waals surface area contributed by atoms with E-state index in [1.807, 2.05) is 33.0 Å². The maximum Gasteiger partial charge on any atom is 0.280 e. The Hall–Kier alpha value is -4.41. The molecule has 0 saturated heterocycles. The summed E-state index contributed by atoms with van der Waals surface area (Å²) < 4.78 is 16.1. The summed E-state index contributed by atoms with van der Waals surface area (Å²) in [7, 11) is 0. The molecular weight excluding hydrogens is 489 g/mol. The van der Waals surface area contributed by atoms with E-state index in [1.165, 1.54) is 21.2 Å². The molecule has 4 aromatic heterocycles. The number of amides is 2. The van der Waals surface area contributed by atoms with E-state index in [0.29, 0.717) is 22.8 Å². The fraction of sp³-hybridized carbons (Fsp3) is 0.333. The molecule has 38 heavy (non-hydrogen) atoms. The van der Waals surface area contributed by atoms with Crippen molar-refractivity contribution in [2.45, 2.75) is 58.7 Å². The minimum Gasteiger partial charge on any atom is -0.330 e. The number of rotatable bonds is 6. The molecule has 0 bridgehead atoms. The third-order valence-corrected chi connectivity index (χ3v) is 7.08. The average Bonchev–Trinajstić information content (AvgIpc) is 3.53. The number of carbonyl (C=O) groups is 2. The largest absolute Gasteiger partial charge is 0.330 e. The van der Waals surface area contributed by atoms with E-state index in [2.05, 4.69) is 20.4 Å². The molecular formula is C27H26FN7O3. The molecule has 0 unspecified atom stereocenters. The summed E-state index contributed by atoms with van der Waals surface area (Å²) in [6, 6.07) is 6.15. The lowest BCUT2D eigenvalue weighted by Crippen LogP contribution is -2.32. The van der Waals surface area contributed by atoms with Crippen molar-refractivity contribution in [3.8, 4) is 11.3 Å². The standard InChI is InChI=1S/C27H26FN7O3/c1-14(2)33-12-19-25(27(33)38)34(13-23(36)31-22-7-6-17(28)11-30-22)24-9-21(32-35(24)26(19)37)18-8-20(16-4-5-16)29-10-15(18)3/h6-11,14,16H,4-5,12-13H2,1-3H3,(H,30,31,36). The molecule has 2 amide bonds. The highest BCUT2D eigenvalue weighted by Gasteiger charge is 2.36. The molecule has 1 N–H and O–H groups in total. The summed E-state index contributed by atoms with van der Waals surface area (Å²) in [5.74, 6) is -0.703. The van der Waals surface area contributed by atoms with Gasteiger partial charge in [0.2, 0.25) is 5.91 Å². The SMILES string of the molecule is Cc1cnc(C2CC2)cc1-c1cc2n(CC(=O)Nc3ccc(F)cn3)c3c(c(=O)n2n1)CN(C(C)C)C3=O. The summed E-state index contributed by atoms with van der Waals surface area (Å²) in [5, 5.41) is 7.27. The zero-order valence-corrected chi connectivity index (χ0v) is 21.2. The van der Waals surface area contributed by atoms with Crippen LogP contribution in [0, 0.1) is 12.7 Å². The van der Waals surface area contributed by atoms with Gasteiger partial charge in [-0.25, -0.2) is 9.37 Å². The lowest BCUT2D eigenvalue weighted by atomic mass is 10.1. The van der Waals surface area contributed by atoms with Crippen LogP contribution in [0.4, 0.5) is 10.2 Å². The van der Waals surface area contributed by atoms with Crippen LogP contribution < -0.4 is 10.9 Å². The maximum atomic E-state index is 13.6. The van der Waals surface area contributed by atoms with Crippen LogP contribution in [0.25, 0.3) is 16.9 Å². The molecule has 0 radical (unpaired) electrons. The highest BCUT2D eigenvalue weighted by molar-refractivity contribution is 5.98. The number of hydrogen-bond donors (Lipinski definition) is 1. The van der Waals surface area contributed by atoms with Gasteiger partial charge in [0.1, 0.15) is 29.5 Å². The van der Waals surface area contributed by atoms with Crippen LogP contribution in [0.15, 0.2) is 41.5 Å². The maximum absolute atomic E-state index is 13.6. The summed E-state index contributed by atoms with van der Waals surface area (Å²) >= 11 is 0. The van der Waals surface area contributed by atoms with Crippen LogP contribution in [0.1, 0.15) is 59.9 Å². The average molecular weight is 516 g/mol. The predicted octanol–water partition coefficient (Wildman–Crippen LogP) is 3.28. The number of pyridine rings is 2. The highest BCUT2D eigenvalue weighted by atomic mass is 19.1. The van der Waals surface area contributed by atoms with Crippen LogP contribution in [0.5, 0.6) is 0 Å². The fourth-order valence-corrected chi connectivity index (χ4v) is 4.89. The van der Waals surface area contributed by atoms with E-state index in [1.54, 1.807) is 11.0 Å². The summed E-state index contributed by atoms with van der Waals surface area (Å²) in [6.07, 6.45) is 5.02. The van der Waals surface area contributed by atoms with E-state index in [0.717, 1.165) is 35.9 Å². The lowest BCUT2D eigenvalue weighted by molar-refractivity contribution is -0.116. The van der Waals surface area contributed by atoms with Crippen molar-refractivity contribution in [1.82, 2.24) is 29.0 Å². The molecule has 10 nitrogen and oxygen atoms in total. The van der Waals surface area contributed by atoms with Gasteiger partial charge in [-0.1, -0.05) is 0 Å². The topological polar surface area (TPSA) is 114 Å². The van der Waals surface area contributed by atoms with Gasteiger partial charge >= 0.3 is 0 Å². The molecule has 0 atom stereocenters. The van der Waals surface area contributed by atoms with Crippen LogP contribution in [0.2, 0.25) is 0 Å². The van der Waals surface area contributed by atoms with Crippen LogP contribution in [-0.4, -0.2) is 46.9 Å². The van der Waals surface area contributed by atoms with Crippen molar-refractivity contribution in [3.05, 3.63) is 75.3 Å². The van der Waals surface area contributed by atoms with Gasteiger partial charge in [0.15, 0.2) is 0 Å². The van der Waals surface area contributed by atoms with Crippen molar-refractivity contribution >= 4 is 23.3 Å². The van der Waals surface area contributed by atoms with Gasteiger partial charge < -0.3 is 14.8 Å². The number of nitrogens with zero attached hydrogens (tertiary/aromatic N) is 6. The number of aromatic nitrogens is 5. The molecule has 0 aromatic carbocycles. The molecule has 194 valence electrons. The Kier molecular flexibility index (Phi) is 5.59. The van der Waals surface area contributed by atoms with Crippen molar-refractivity contribution in [2.24, 2.45) is 0 Å². The molecule has 11 heteroatoms. The summed E-state index contributed by atoms with van der Waals surface area (Å²) in [4.78, 5) is 50.1. The molecule has 0 spiro atoms. The molecule has 1 saturated carbocycles. The molecule has 1 fully saturated rings. The number of hydrogen-bond acceptors (Lipinski definition) is 6. The molecule has 4 aromatic rings. The monoisotopic (exact) mass is 515 g/mol. The Bertz CT molecular complexity index is 1670. The van der Waals surface area contributed by atoms with Crippen LogP contribution in [0.3, 0.4) is 0 Å². The van der Waals surface area contributed by atoms with E-state index < -0.39 is 11.7 Å². The fourth-order valence-electron chi connectivity index (χ4n) is 4.89. The third kappa shape index (κ3) is 4.04. The van der Waals surface area contributed by atoms with Gasteiger partial charge in [-0.15, -0.1) is 0 Å². The Morgan fingerprint density at radius 1 is 1.16 bits per heavy atom. The van der Waals surface area contributed by atoms with Crippen molar-refractivity contribution in [2.75, 3.05) is 5.32 Å². The number of halogens is 1. The second-order valence-electron chi connectivity index (χ2n) is 10.2. The number of nitrogens with one attached hydrogen (secondary N) is 1. The number of fused-ring (bicyclic) bond motifs is 2. The van der Waals surface area contributed by atoms with Gasteiger partial charge in [-0.2, -0.15) is 9.61 Å². The van der Waals surface area contributed by atoms with Gasteiger partial charge in [0, 0.05) is 35.5 Å². The van der Waals surface area contributed by atoms with Crippen LogP contribution >= 0.6 is 0 Å². The second-order valence-corrected chi connectivity index (χ2v) is 10.2. The number of anilines is 1. The Labute approximate surface area is 217 Å². The smallest absolute Gasteiger partial charge is 0.280 e. The normalized spacial score (nSPS) is 15.0. The van der Waals surface area contributed by atoms with Gasteiger partial charge in [0.05, 0.1) is 24.0 Å². The molecule has 1 aliphatic carbocycles. The van der Waals surface area contributed by atoms with E-state index >= 15 is 0 Å². The number of aryl methyl sites for hydroxylation is 1. The predicted molar refractivity (Wildman–Crippen MR) is 137 cm³/mol. The van der Waals surface area contributed by atoms with Crippen molar-refractivity contribution in [3.63, 3.8) is 0 Å². The first-order valence-corrected chi connectivity index (χ1v) is 12.6. The highest BCUT2D eigenvalue weighted by Crippen LogP contribution is 2.40. The van der Waals surface area contributed by atoms with E-state index in [-0.39, 0.29) is 42.1 Å². The van der Waals surface area contributed by atoms with Gasteiger partial charge in [0.25, 0.3) is 11.5 Å². The zero-order valence-electron chi connectivity index (χ0n) is 21.2. The first-order valence-electron chi connectivity index (χ1n) is 12.6. The first-order chi connectivity index (χ1) is 18.2. The summed E-state index contributed by atoms with van der Waals surface area (Å²) in [6.45, 7) is 5.55. The first kappa shape index (κ1) is 24.0. The quantitative estimate of drug-likeness (QED) is 0.422. The minimum absolute atomic E-state index is 0.136. The Morgan fingerprint density at radius 3 is 2.63 bits per heavy atom.